The Morgan fingerprint density at radius 3 is 2.35 bits per heavy atom. The van der Waals surface area contributed by atoms with Gasteiger partial charge >= 0.3 is 6.01 Å². The Hall–Kier alpha value is -6.14. The van der Waals surface area contributed by atoms with Crippen molar-refractivity contribution >= 4 is 51.1 Å². The molecule has 6 aliphatic heterocycles. The van der Waals surface area contributed by atoms with E-state index in [0.717, 1.165) is 98.1 Å². The van der Waals surface area contributed by atoms with Gasteiger partial charge in [0, 0.05) is 94.7 Å². The van der Waals surface area contributed by atoms with Gasteiger partial charge in [-0.15, -0.1) is 0 Å². The normalized spacial score (nSPS) is 27.9. The Bertz CT molecular complexity index is 2870. The van der Waals surface area contributed by atoms with Crippen LogP contribution in [0.1, 0.15) is 71.2 Å². The average Bonchev–Trinajstić information content (AvgIpc) is 3.80. The average molecular weight is 923 g/mol. The number of imide groups is 2. The first-order valence-corrected chi connectivity index (χ1v) is 24.2. The van der Waals surface area contributed by atoms with Crippen molar-refractivity contribution < 1.29 is 33.4 Å². The molecule has 7 atom stereocenters. The number of phenols is 1. The third kappa shape index (κ3) is 7.72. The van der Waals surface area contributed by atoms with Crippen LogP contribution in [0.3, 0.4) is 0 Å². The molecule has 3 N–H and O–H groups in total. The molecule has 16 nitrogen and oxygen atoms in total. The van der Waals surface area contributed by atoms with E-state index in [1.54, 1.807) is 30.5 Å². The summed E-state index contributed by atoms with van der Waals surface area (Å²) in [7, 11) is 2.12. The van der Waals surface area contributed by atoms with Crippen LogP contribution >= 0.6 is 0 Å². The van der Waals surface area contributed by atoms with Crippen molar-refractivity contribution in [3.63, 3.8) is 0 Å². The van der Waals surface area contributed by atoms with Crippen LogP contribution in [-0.2, 0) is 16.1 Å². The summed E-state index contributed by atoms with van der Waals surface area (Å²) in [5.41, 5.74) is 2.25. The number of hydrogen-bond acceptors (Lipinski definition) is 14. The van der Waals surface area contributed by atoms with Gasteiger partial charge in [-0.1, -0.05) is 30.3 Å². The van der Waals surface area contributed by atoms with Gasteiger partial charge in [0.05, 0.1) is 16.5 Å². The molecular formula is C51H55FN10O6. The first kappa shape index (κ1) is 43.2. The van der Waals surface area contributed by atoms with E-state index in [2.05, 4.69) is 37.3 Å². The van der Waals surface area contributed by atoms with Crippen LogP contribution in [0, 0.1) is 17.7 Å². The third-order valence-electron chi connectivity index (χ3n) is 16.1. The molecule has 2 bridgehead atoms. The number of pyridine rings is 1. The number of rotatable bonds is 9. The highest BCUT2D eigenvalue weighted by molar-refractivity contribution is 6.23. The van der Waals surface area contributed by atoms with Crippen molar-refractivity contribution in [2.24, 2.45) is 11.8 Å². The largest absolute Gasteiger partial charge is 0.508 e. The van der Waals surface area contributed by atoms with Gasteiger partial charge in [-0.05, 0) is 98.0 Å². The lowest BCUT2D eigenvalue weighted by molar-refractivity contribution is -0.136. The van der Waals surface area contributed by atoms with Gasteiger partial charge in [0.15, 0.2) is 5.82 Å². The molecule has 5 unspecified atom stereocenters. The van der Waals surface area contributed by atoms with Gasteiger partial charge in [0.1, 0.15) is 35.4 Å². The number of fused-ring (bicyclic) bond motifs is 6. The highest BCUT2D eigenvalue weighted by Crippen LogP contribution is 2.44. The maximum Gasteiger partial charge on any atom is 0.319 e. The lowest BCUT2D eigenvalue weighted by atomic mass is 9.69. The quantitative estimate of drug-likeness (QED) is 0.178. The predicted octanol–water partition coefficient (Wildman–Crippen LogP) is 4.33. The number of aromatic hydroxyl groups is 1. The number of ether oxygens (including phenoxy) is 1. The Kier molecular flexibility index (Phi) is 10.9. The van der Waals surface area contributed by atoms with Crippen LogP contribution in [0.5, 0.6) is 11.8 Å². The van der Waals surface area contributed by atoms with Gasteiger partial charge in [-0.25, -0.2) is 4.39 Å². The fourth-order valence-corrected chi connectivity index (χ4v) is 12.3. The van der Waals surface area contributed by atoms with Crippen LogP contribution in [0.4, 0.5) is 10.2 Å². The molecule has 6 fully saturated rings. The van der Waals surface area contributed by atoms with Gasteiger partial charge in [-0.3, -0.25) is 49.1 Å². The molecule has 68 heavy (non-hydrogen) atoms. The highest BCUT2D eigenvalue weighted by atomic mass is 19.1. The van der Waals surface area contributed by atoms with Crippen molar-refractivity contribution in [1.82, 2.24) is 45.2 Å². The van der Waals surface area contributed by atoms with E-state index in [0.29, 0.717) is 53.6 Å². The molecule has 4 amide bonds. The Morgan fingerprint density at radius 1 is 0.824 bits per heavy atom. The second kappa shape index (κ2) is 17.1. The smallest absolute Gasteiger partial charge is 0.319 e. The van der Waals surface area contributed by atoms with Crippen LogP contribution in [0.2, 0.25) is 0 Å². The van der Waals surface area contributed by atoms with E-state index in [9.17, 15) is 24.3 Å². The molecule has 3 aromatic carbocycles. The van der Waals surface area contributed by atoms with E-state index in [1.807, 2.05) is 30.3 Å². The molecule has 17 heteroatoms. The Morgan fingerprint density at radius 2 is 1.59 bits per heavy atom. The maximum atomic E-state index is 17.2. The molecule has 352 valence electrons. The monoisotopic (exact) mass is 922 g/mol. The Balaban J connectivity index is 0.734. The van der Waals surface area contributed by atoms with E-state index in [1.165, 1.54) is 12.8 Å². The summed E-state index contributed by atoms with van der Waals surface area (Å²) in [4.78, 5) is 76.0. The summed E-state index contributed by atoms with van der Waals surface area (Å²) in [5, 5.41) is 18.9. The first-order valence-electron chi connectivity index (χ1n) is 24.2. The molecular weight excluding hydrogens is 868 g/mol. The van der Waals surface area contributed by atoms with Crippen LogP contribution in [0.15, 0.2) is 60.8 Å². The molecule has 2 aromatic heterocycles. The van der Waals surface area contributed by atoms with Gasteiger partial charge in [-0.2, -0.15) is 9.97 Å². The number of aromatic nitrogens is 3. The number of likely N-dealkylation sites (N-methyl/N-ethyl adjacent to an activating group) is 1. The number of halogens is 1. The number of amides is 4. The second-order valence-corrected chi connectivity index (χ2v) is 20.2. The van der Waals surface area contributed by atoms with Crippen LogP contribution in [0.25, 0.3) is 32.9 Å². The molecule has 12 rings (SSSR count). The number of likely N-dealkylation sites (tertiary alicyclic amines) is 1. The number of anilines is 1. The number of phenolic OH excluding ortho intramolecular Hbond substituents is 1. The van der Waals surface area contributed by atoms with Crippen LogP contribution in [-0.4, -0.2) is 153 Å². The fraction of sp³-hybridized carbons (Fsp3) is 0.471. The molecule has 8 heterocycles. The molecule has 5 aromatic rings. The Labute approximate surface area is 392 Å². The van der Waals surface area contributed by atoms with Crippen molar-refractivity contribution in [3.8, 4) is 23.0 Å². The van der Waals surface area contributed by atoms with E-state index in [-0.39, 0.29) is 47.4 Å². The molecule has 0 spiro atoms. The topological polar surface area (TPSA) is 177 Å². The van der Waals surface area contributed by atoms with E-state index < -0.39 is 35.5 Å². The zero-order valence-corrected chi connectivity index (χ0v) is 38.1. The van der Waals surface area contributed by atoms with Gasteiger partial charge in [0.25, 0.3) is 11.8 Å². The minimum absolute atomic E-state index is 0.0295. The number of carbonyl (C=O) groups excluding carboxylic acids is 4. The number of piperidine rings is 1. The summed E-state index contributed by atoms with van der Waals surface area (Å²) >= 11 is 0. The lowest BCUT2D eigenvalue weighted by Gasteiger charge is -2.38. The van der Waals surface area contributed by atoms with E-state index >= 15 is 4.39 Å². The van der Waals surface area contributed by atoms with Gasteiger partial charge < -0.3 is 20.1 Å². The van der Waals surface area contributed by atoms with Crippen molar-refractivity contribution in [3.05, 3.63) is 83.3 Å². The number of hydrogen-bond donors (Lipinski definition) is 3. The SMILES string of the molecule is CN1C[C@H](N2CCN(Cc3ccc4c(c3)C(=O)N(C3CCC(=O)NC3=O)C4=O)CC2)C[C@@H]1COc1nc(N2CC3CC4CCC4CC(C2)N3)c2cnc(-c3cc(O)cc4ccccc34)c(F)c2n1. The number of carbonyl (C=O) groups is 4. The summed E-state index contributed by atoms with van der Waals surface area (Å²) in [6, 6.07) is 16.3. The maximum absolute atomic E-state index is 17.2. The summed E-state index contributed by atoms with van der Waals surface area (Å²) < 4.78 is 23.7. The van der Waals surface area contributed by atoms with Gasteiger partial charge in [0.2, 0.25) is 11.8 Å². The zero-order chi connectivity index (χ0) is 46.4. The van der Waals surface area contributed by atoms with Crippen molar-refractivity contribution in [2.75, 3.05) is 64.4 Å². The van der Waals surface area contributed by atoms with Crippen molar-refractivity contribution in [1.29, 1.82) is 0 Å². The summed E-state index contributed by atoms with van der Waals surface area (Å²) in [6.45, 7) is 6.74. The summed E-state index contributed by atoms with van der Waals surface area (Å²) in [5.74, 6) is -0.410. The number of nitrogens with zero attached hydrogens (tertiary/aromatic N) is 8. The number of benzene rings is 3. The first-order chi connectivity index (χ1) is 33.0. The standard InChI is InChI=1S/C51H55FN10O6/c1-58-26-34(60-14-12-59(13-15-60)23-28-6-9-38-40(16-28)50(67)62(49(38)66)42-10-11-43(64)55-48(42)65)20-35(58)27-68-51-56-46-41(47(57-51)61-24-32-17-29-7-8-30(29)18-33(25-61)54-32)22-53-45(44(46)52)39-21-36(63)19-31-4-2-3-5-37(31)39/h2-6,9,16,19,21-22,29-30,32-35,42,54,63H,7-8,10-15,17-18,20,23-27H2,1H3,(H,55,64,65)/t29?,30?,32?,33?,34-,35-,42?/m1/s1. The highest BCUT2D eigenvalue weighted by Gasteiger charge is 2.45. The minimum atomic E-state index is -0.991. The fourth-order valence-electron chi connectivity index (χ4n) is 12.3. The lowest BCUT2D eigenvalue weighted by Crippen LogP contribution is -2.56. The van der Waals surface area contributed by atoms with Crippen molar-refractivity contribution in [2.45, 2.75) is 81.7 Å². The second-order valence-electron chi connectivity index (χ2n) is 20.2. The van der Waals surface area contributed by atoms with Crippen LogP contribution < -0.4 is 20.3 Å². The number of piperazine rings is 2. The molecule has 1 saturated carbocycles. The molecule has 0 radical (unpaired) electrons. The molecule has 1 aliphatic carbocycles. The predicted molar refractivity (Wildman–Crippen MR) is 251 cm³/mol. The third-order valence-corrected chi connectivity index (χ3v) is 16.1. The minimum Gasteiger partial charge on any atom is -0.508 e. The summed E-state index contributed by atoms with van der Waals surface area (Å²) in [6.07, 6.45) is 7.61. The molecule has 7 aliphatic rings. The zero-order valence-electron chi connectivity index (χ0n) is 38.1. The molecule has 5 saturated heterocycles. The van der Waals surface area contributed by atoms with E-state index in [4.69, 9.17) is 19.7 Å². The number of nitrogens with one attached hydrogen (secondary N) is 2.